The first-order valence-electron chi connectivity index (χ1n) is 0.349. The summed E-state index contributed by atoms with van der Waals surface area (Å²) in [5, 5.41) is 0. The van der Waals surface area contributed by atoms with E-state index in [0.29, 0.717) is 19.8 Å². The third-order valence-electron chi connectivity index (χ3n) is 0. The Morgan fingerprint density at radius 3 is 1.25 bits per heavy atom. The molecule has 0 bridgehead atoms. The van der Waals surface area contributed by atoms with Crippen molar-refractivity contribution in [1.82, 2.24) is 0 Å². The Kier molecular flexibility index (Phi) is 68.4. The van der Waals surface area contributed by atoms with E-state index in [-0.39, 0.29) is 24.7 Å². The number of rotatable bonds is 0. The molecule has 0 fully saturated rings. The van der Waals surface area contributed by atoms with Gasteiger partial charge in [-0.15, -0.1) is 0 Å². The summed E-state index contributed by atoms with van der Waals surface area (Å²) < 4.78 is 16.7. The van der Waals surface area contributed by atoms with Crippen LogP contribution in [-0.2, 0) is 26.0 Å². The molecule has 23 valence electrons. The van der Waals surface area contributed by atoms with Crippen LogP contribution in [0.1, 0.15) is 0 Å². The summed E-state index contributed by atoms with van der Waals surface area (Å²) >= 11 is 0.528. The van der Waals surface area contributed by atoms with E-state index in [0.717, 1.165) is 0 Å². The van der Waals surface area contributed by atoms with Crippen LogP contribution in [0.3, 0.4) is 0 Å². The van der Waals surface area contributed by atoms with Gasteiger partial charge in [0.05, 0.1) is 0 Å². The van der Waals surface area contributed by atoms with E-state index in [1.54, 1.807) is 0 Å². The Labute approximate surface area is 50.5 Å². The van der Waals surface area contributed by atoms with Gasteiger partial charge in [-0.1, -0.05) is 0 Å². The van der Waals surface area contributed by atoms with Crippen molar-refractivity contribution in [2.75, 3.05) is 0 Å². The Morgan fingerprint density at radius 2 is 1.25 bits per heavy atom. The molecule has 2 nitrogen and oxygen atoms in total. The van der Waals surface area contributed by atoms with Crippen LogP contribution in [0, 0.1) is 0 Å². The molecular weight excluding hydrogens is 425 g/mol. The molecule has 0 aromatic rings. The summed E-state index contributed by atoms with van der Waals surface area (Å²) in [6.45, 7) is 0. The van der Waals surface area contributed by atoms with Crippen LogP contribution >= 0.6 is 0 Å². The van der Waals surface area contributed by atoms with Gasteiger partial charge < -0.3 is 0 Å². The second kappa shape index (κ2) is 30.6. The minimum absolute atomic E-state index is 0.194. The zero-order valence-corrected chi connectivity index (χ0v) is 8.08. The maximum absolute atomic E-state index is 8.36. The van der Waals surface area contributed by atoms with E-state index >= 15 is 0 Å². The molecule has 0 atom stereocenters. The number of hydrogen-bond acceptors (Lipinski definition) is 2. The minimum atomic E-state index is 0.194. The van der Waals surface area contributed by atoms with Crippen LogP contribution in [0.4, 0.5) is 0 Å². The molecule has 0 spiro atoms. The molecule has 0 amide bonds. The first-order chi connectivity index (χ1) is 2.00. The average Bonchev–Trinajstić information content (AvgIpc) is 1.50. The van der Waals surface area contributed by atoms with Crippen LogP contribution in [0.5, 0.6) is 0 Å². The predicted molar refractivity (Wildman–Crippen MR) is 7.13 cm³/mol. The second-order valence-corrected chi connectivity index (χ2v) is 0. The number of hydrogen-bond donors (Lipinski definition) is 0. The molecule has 0 N–H and O–H groups in total. The predicted octanol–water partition coefficient (Wildman–Crippen LogP) is -0.621. The van der Waals surface area contributed by atoms with Gasteiger partial charge in [0.1, 0.15) is 0 Å². The van der Waals surface area contributed by atoms with E-state index < -0.39 is 0 Å². The quantitative estimate of drug-likeness (QED) is 0.486. The molecule has 0 aliphatic heterocycles. The van der Waals surface area contributed by atoms with Gasteiger partial charge in [0, 0.05) is 0 Å². The molecule has 4 heavy (non-hydrogen) atoms. The monoisotopic (exact) mass is 425 g/mol. The van der Waals surface area contributed by atoms with Gasteiger partial charge in [0.15, 0.2) is 0 Å². The van der Waals surface area contributed by atoms with Gasteiger partial charge in [-0.2, -0.15) is 0 Å². The molecule has 0 aromatic heterocycles. The van der Waals surface area contributed by atoms with E-state index in [2.05, 4.69) is 0 Å². The van der Waals surface area contributed by atoms with E-state index in [1.165, 1.54) is 0 Å². The topological polar surface area (TPSA) is 34.1 Å². The van der Waals surface area contributed by atoms with Gasteiger partial charge in [-0.3, -0.25) is 0 Å². The molecule has 1 radical (unpaired) electrons. The van der Waals surface area contributed by atoms with Crippen molar-refractivity contribution in [1.29, 1.82) is 0 Å². The molecule has 4 heteroatoms. The van der Waals surface area contributed by atoms with Crippen molar-refractivity contribution in [3.8, 4) is 0 Å². The van der Waals surface area contributed by atoms with Crippen LogP contribution in [-0.4, -0.2) is 24.7 Å². The normalized spacial score (nSPS) is 2.00. The van der Waals surface area contributed by atoms with E-state index in [4.69, 9.17) is 6.21 Å². The third-order valence-corrected chi connectivity index (χ3v) is 0. The van der Waals surface area contributed by atoms with Gasteiger partial charge >= 0.3 is 50.7 Å². The fraction of sp³-hybridized carbons (Fsp3) is 0. The fourth-order valence-corrected chi connectivity index (χ4v) is 0. The van der Waals surface area contributed by atoms with Crippen LogP contribution in [0.25, 0.3) is 0 Å². The van der Waals surface area contributed by atoms with E-state index in [1.807, 2.05) is 0 Å². The summed E-state index contributed by atoms with van der Waals surface area (Å²) in [5.74, 6) is 0. The fourth-order valence-electron chi connectivity index (χ4n) is 0. The first kappa shape index (κ1) is 8.95. The SMILES string of the molecule is [O]=[Bi].[O]=[W]. The second-order valence-electron chi connectivity index (χ2n) is 0. The summed E-state index contributed by atoms with van der Waals surface area (Å²) in [6, 6.07) is 0. The van der Waals surface area contributed by atoms with Crippen molar-refractivity contribution in [2.45, 2.75) is 0 Å². The Balaban J connectivity index is 0. The molecule has 0 saturated heterocycles. The maximum atomic E-state index is 8.36. The summed E-state index contributed by atoms with van der Waals surface area (Å²) in [7, 11) is 0. The summed E-state index contributed by atoms with van der Waals surface area (Å²) in [6.07, 6.45) is 0. The van der Waals surface area contributed by atoms with Gasteiger partial charge in [0.2, 0.25) is 0 Å². The first-order valence-corrected chi connectivity index (χ1v) is 2.97. The molecule has 0 aliphatic carbocycles. The van der Waals surface area contributed by atoms with Crippen LogP contribution < -0.4 is 0 Å². The molecule has 0 aliphatic rings. The van der Waals surface area contributed by atoms with Gasteiger partial charge in [-0.05, 0) is 0 Å². The van der Waals surface area contributed by atoms with E-state index in [9.17, 15) is 0 Å². The van der Waals surface area contributed by atoms with Crippen molar-refractivity contribution >= 4 is 24.7 Å². The molecule has 0 rings (SSSR count). The molecular formula is BiO2W. The van der Waals surface area contributed by atoms with Gasteiger partial charge in [0.25, 0.3) is 0 Å². The van der Waals surface area contributed by atoms with Crippen molar-refractivity contribution in [3.05, 3.63) is 0 Å². The molecule has 0 unspecified atom stereocenters. The molecule has 0 saturated carbocycles. The Bertz CT molecular complexity index is 8.00. The summed E-state index contributed by atoms with van der Waals surface area (Å²) in [4.78, 5) is 0. The van der Waals surface area contributed by atoms with Crippen molar-refractivity contribution in [3.63, 3.8) is 0 Å². The average molecular weight is 425 g/mol. The summed E-state index contributed by atoms with van der Waals surface area (Å²) in [5.41, 5.74) is 0. The van der Waals surface area contributed by atoms with Crippen molar-refractivity contribution < 1.29 is 26.0 Å². The Morgan fingerprint density at radius 1 is 1.25 bits per heavy atom. The standard InChI is InChI=1S/Bi.2O.W. The third kappa shape index (κ3) is 10.9. The van der Waals surface area contributed by atoms with Gasteiger partial charge in [-0.25, -0.2) is 0 Å². The molecule has 0 heterocycles. The zero-order valence-electron chi connectivity index (χ0n) is 1.67. The van der Waals surface area contributed by atoms with Crippen LogP contribution in [0.15, 0.2) is 0 Å². The van der Waals surface area contributed by atoms with Crippen molar-refractivity contribution in [2.24, 2.45) is 0 Å². The van der Waals surface area contributed by atoms with Crippen LogP contribution in [0.2, 0.25) is 0 Å². The zero-order chi connectivity index (χ0) is 4.00. The molecule has 0 aromatic carbocycles. The Hall–Kier alpha value is 1.17.